The number of carboxylic acid groups (broad SMARTS) is 1. The van der Waals surface area contributed by atoms with Crippen molar-refractivity contribution >= 4 is 11.7 Å². The van der Waals surface area contributed by atoms with E-state index in [2.05, 4.69) is 5.32 Å². The SMILES string of the molecule is O=C(O)c1cccc2c1N[C@H](c1ccccc1C(F)(F)F)[C@H]1Cc3ccccc3[C@H]21. The van der Waals surface area contributed by atoms with Crippen molar-refractivity contribution in [2.75, 3.05) is 5.32 Å². The summed E-state index contributed by atoms with van der Waals surface area (Å²) in [4.78, 5) is 11.9. The summed E-state index contributed by atoms with van der Waals surface area (Å²) in [6.45, 7) is 0. The molecule has 2 N–H and O–H groups in total. The van der Waals surface area contributed by atoms with Crippen LogP contribution >= 0.6 is 0 Å². The molecule has 2 aliphatic rings. The third kappa shape index (κ3) is 2.78. The van der Waals surface area contributed by atoms with E-state index in [0.29, 0.717) is 12.1 Å². The molecule has 0 saturated heterocycles. The molecule has 3 atom stereocenters. The van der Waals surface area contributed by atoms with Gasteiger partial charge in [0.1, 0.15) is 0 Å². The summed E-state index contributed by atoms with van der Waals surface area (Å²) in [5.74, 6) is -1.42. The summed E-state index contributed by atoms with van der Waals surface area (Å²) < 4.78 is 41.4. The summed E-state index contributed by atoms with van der Waals surface area (Å²) >= 11 is 0. The molecule has 1 aliphatic carbocycles. The quantitative estimate of drug-likeness (QED) is 0.556. The first kappa shape index (κ1) is 18.7. The molecule has 0 aromatic heterocycles. The number of carboxylic acids is 1. The van der Waals surface area contributed by atoms with Crippen LogP contribution in [0.4, 0.5) is 18.9 Å². The second-order valence-electron chi connectivity index (χ2n) is 7.83. The van der Waals surface area contributed by atoms with Gasteiger partial charge in [-0.05, 0) is 46.7 Å². The molecule has 0 spiro atoms. The lowest BCUT2D eigenvalue weighted by atomic mass is 9.74. The zero-order valence-electron chi connectivity index (χ0n) is 15.8. The van der Waals surface area contributed by atoms with Gasteiger partial charge in [0.05, 0.1) is 22.9 Å². The highest BCUT2D eigenvalue weighted by molar-refractivity contribution is 5.96. The number of fused-ring (bicyclic) bond motifs is 5. The largest absolute Gasteiger partial charge is 0.478 e. The molecule has 3 aromatic rings. The van der Waals surface area contributed by atoms with Gasteiger partial charge in [-0.15, -0.1) is 0 Å². The first-order valence-electron chi connectivity index (χ1n) is 9.73. The van der Waals surface area contributed by atoms with Crippen molar-refractivity contribution in [2.45, 2.75) is 24.6 Å². The molecular formula is C24H18F3NO2. The van der Waals surface area contributed by atoms with Crippen LogP contribution in [0.25, 0.3) is 0 Å². The molecule has 0 bridgehead atoms. The molecule has 152 valence electrons. The molecule has 0 radical (unpaired) electrons. The third-order valence-electron chi connectivity index (χ3n) is 6.27. The third-order valence-corrected chi connectivity index (χ3v) is 6.27. The van der Waals surface area contributed by atoms with Crippen LogP contribution in [0, 0.1) is 5.92 Å². The van der Waals surface area contributed by atoms with Gasteiger partial charge in [-0.2, -0.15) is 13.2 Å². The number of nitrogens with one attached hydrogen (secondary N) is 1. The number of aromatic carboxylic acids is 1. The molecule has 1 heterocycles. The Morgan fingerprint density at radius 2 is 1.57 bits per heavy atom. The van der Waals surface area contributed by atoms with E-state index in [1.54, 1.807) is 12.1 Å². The number of alkyl halides is 3. The van der Waals surface area contributed by atoms with Crippen LogP contribution in [0.1, 0.15) is 50.1 Å². The van der Waals surface area contributed by atoms with Crippen molar-refractivity contribution < 1.29 is 23.1 Å². The molecule has 0 unspecified atom stereocenters. The van der Waals surface area contributed by atoms with E-state index >= 15 is 0 Å². The molecule has 1 aliphatic heterocycles. The Balaban J connectivity index is 1.75. The lowest BCUT2D eigenvalue weighted by molar-refractivity contribution is -0.138. The summed E-state index contributed by atoms with van der Waals surface area (Å²) in [6.07, 6.45) is -3.87. The van der Waals surface area contributed by atoms with E-state index in [1.165, 1.54) is 18.2 Å². The monoisotopic (exact) mass is 409 g/mol. The summed E-state index contributed by atoms with van der Waals surface area (Å²) in [5, 5.41) is 12.9. The van der Waals surface area contributed by atoms with Gasteiger partial charge in [-0.25, -0.2) is 4.79 Å². The van der Waals surface area contributed by atoms with Crippen molar-refractivity contribution in [1.82, 2.24) is 0 Å². The standard InChI is InChI=1S/C24H18F3NO2/c25-24(26,27)19-11-4-3-8-15(19)21-18-12-13-6-1-2-7-14(13)20(18)16-9-5-10-17(23(29)30)22(16)28-21/h1-11,18,20-21,28H,12H2,(H,29,30)/t18-,20+,21+/m0/s1. The number of hydrogen-bond acceptors (Lipinski definition) is 2. The van der Waals surface area contributed by atoms with Gasteiger partial charge in [-0.3, -0.25) is 0 Å². The molecule has 30 heavy (non-hydrogen) atoms. The Bertz CT molecular complexity index is 1160. The number of benzene rings is 3. The van der Waals surface area contributed by atoms with Crippen molar-refractivity contribution in [1.29, 1.82) is 0 Å². The molecule has 0 amide bonds. The molecule has 0 saturated carbocycles. The summed E-state index contributed by atoms with van der Waals surface area (Å²) in [7, 11) is 0. The van der Waals surface area contributed by atoms with Crippen LogP contribution in [0.3, 0.4) is 0 Å². The fourth-order valence-corrected chi connectivity index (χ4v) is 5.10. The fourth-order valence-electron chi connectivity index (χ4n) is 5.10. The van der Waals surface area contributed by atoms with E-state index in [0.717, 1.165) is 22.8 Å². The van der Waals surface area contributed by atoms with Crippen molar-refractivity contribution in [3.63, 3.8) is 0 Å². The second kappa shape index (κ2) is 6.62. The van der Waals surface area contributed by atoms with Gasteiger partial charge in [0.25, 0.3) is 0 Å². The summed E-state index contributed by atoms with van der Waals surface area (Å²) in [5.41, 5.74) is 2.92. The Kier molecular flexibility index (Phi) is 4.13. The van der Waals surface area contributed by atoms with Gasteiger partial charge in [0.2, 0.25) is 0 Å². The van der Waals surface area contributed by atoms with Gasteiger partial charge >= 0.3 is 12.1 Å². The predicted octanol–water partition coefficient (Wildman–Crippen LogP) is 5.87. The van der Waals surface area contributed by atoms with Gasteiger partial charge in [0.15, 0.2) is 0 Å². The van der Waals surface area contributed by atoms with E-state index in [9.17, 15) is 23.1 Å². The maximum absolute atomic E-state index is 13.8. The molecule has 0 fully saturated rings. The lowest BCUT2D eigenvalue weighted by Gasteiger charge is -2.39. The molecule has 6 heteroatoms. The minimum absolute atomic E-state index is 0.0739. The average molecular weight is 409 g/mol. The fraction of sp³-hybridized carbons (Fsp3) is 0.208. The van der Waals surface area contributed by atoms with Gasteiger partial charge < -0.3 is 10.4 Å². The molecule has 3 aromatic carbocycles. The van der Waals surface area contributed by atoms with E-state index in [1.807, 2.05) is 30.3 Å². The number of anilines is 1. The minimum Gasteiger partial charge on any atom is -0.478 e. The second-order valence-corrected chi connectivity index (χ2v) is 7.83. The van der Waals surface area contributed by atoms with Crippen LogP contribution in [0.2, 0.25) is 0 Å². The van der Waals surface area contributed by atoms with Crippen LogP contribution in [0.15, 0.2) is 66.7 Å². The Morgan fingerprint density at radius 1 is 0.900 bits per heavy atom. The number of carbonyl (C=O) groups is 1. The zero-order chi connectivity index (χ0) is 21.0. The Labute approximate surface area is 171 Å². The number of halogens is 3. The lowest BCUT2D eigenvalue weighted by Crippen LogP contribution is -2.33. The minimum atomic E-state index is -4.49. The van der Waals surface area contributed by atoms with Crippen LogP contribution in [-0.2, 0) is 12.6 Å². The highest BCUT2D eigenvalue weighted by Gasteiger charge is 2.46. The van der Waals surface area contributed by atoms with E-state index in [4.69, 9.17) is 0 Å². The van der Waals surface area contributed by atoms with Crippen LogP contribution < -0.4 is 5.32 Å². The average Bonchev–Trinajstić information content (AvgIpc) is 3.12. The topological polar surface area (TPSA) is 49.3 Å². The van der Waals surface area contributed by atoms with Crippen molar-refractivity contribution in [3.05, 3.63) is 100 Å². The Hall–Kier alpha value is -3.28. The maximum Gasteiger partial charge on any atom is 0.416 e. The Morgan fingerprint density at radius 3 is 2.30 bits per heavy atom. The zero-order valence-corrected chi connectivity index (χ0v) is 15.8. The predicted molar refractivity (Wildman–Crippen MR) is 107 cm³/mol. The smallest absolute Gasteiger partial charge is 0.416 e. The molecule has 5 rings (SSSR count). The van der Waals surface area contributed by atoms with Crippen molar-refractivity contribution in [3.8, 4) is 0 Å². The highest BCUT2D eigenvalue weighted by Crippen LogP contribution is 2.55. The number of hydrogen-bond donors (Lipinski definition) is 2. The number of rotatable bonds is 2. The van der Waals surface area contributed by atoms with Crippen LogP contribution in [-0.4, -0.2) is 11.1 Å². The first-order chi connectivity index (χ1) is 14.4. The van der Waals surface area contributed by atoms with Gasteiger partial charge in [-0.1, -0.05) is 54.6 Å². The normalized spacial score (nSPS) is 21.9. The van der Waals surface area contributed by atoms with E-state index < -0.39 is 23.8 Å². The summed E-state index contributed by atoms with van der Waals surface area (Å²) in [6, 6.07) is 17.8. The van der Waals surface area contributed by atoms with Crippen molar-refractivity contribution in [2.24, 2.45) is 5.92 Å². The van der Waals surface area contributed by atoms with Gasteiger partial charge in [0, 0.05) is 5.92 Å². The molecular weight excluding hydrogens is 391 g/mol. The maximum atomic E-state index is 13.8. The van der Waals surface area contributed by atoms with Crippen LogP contribution in [0.5, 0.6) is 0 Å². The number of para-hydroxylation sites is 1. The molecule has 3 nitrogen and oxygen atoms in total. The highest BCUT2D eigenvalue weighted by atomic mass is 19.4. The first-order valence-corrected chi connectivity index (χ1v) is 9.73. The van der Waals surface area contributed by atoms with E-state index in [-0.39, 0.29) is 23.0 Å².